The first-order valence-corrected chi connectivity index (χ1v) is 5.80. The number of hydrogen-bond acceptors (Lipinski definition) is 2. The van der Waals surface area contributed by atoms with Crippen LogP contribution in [0, 0.1) is 12.3 Å². The minimum Gasteiger partial charge on any atom is -0.313 e. The third kappa shape index (κ3) is 3.15. The number of hydrogen-bond donors (Lipinski definition) is 1. The Kier molecular flexibility index (Phi) is 4.51. The lowest BCUT2D eigenvalue weighted by Crippen LogP contribution is -2.15. The maximum absolute atomic E-state index is 5.23. The summed E-state index contributed by atoms with van der Waals surface area (Å²) in [5.74, 6) is 2.66. The molecule has 1 atom stereocenters. The van der Waals surface area contributed by atoms with E-state index in [4.69, 9.17) is 6.42 Å². The van der Waals surface area contributed by atoms with Gasteiger partial charge in [0.25, 0.3) is 0 Å². The van der Waals surface area contributed by atoms with E-state index in [1.165, 1.54) is 9.35 Å². The van der Waals surface area contributed by atoms with E-state index in [-0.39, 0.29) is 0 Å². The van der Waals surface area contributed by atoms with Gasteiger partial charge in [-0.1, -0.05) is 0 Å². The Bertz CT molecular complexity index is 300. The summed E-state index contributed by atoms with van der Waals surface area (Å²) in [5.41, 5.74) is 1.31. The molecule has 1 heterocycles. The molecule has 13 heavy (non-hydrogen) atoms. The summed E-state index contributed by atoms with van der Waals surface area (Å²) >= 11 is 5.15. The Hall–Kier alpha value is -0.300. The maximum atomic E-state index is 5.23. The molecule has 1 nitrogen and oxygen atoms in total. The molecule has 1 N–H and O–H groups in total. The van der Waals surface area contributed by atoms with Gasteiger partial charge in [0.05, 0.1) is 3.79 Å². The highest BCUT2D eigenvalue weighted by atomic mass is 79.9. The van der Waals surface area contributed by atoms with Gasteiger partial charge in [-0.15, -0.1) is 23.7 Å². The molecule has 1 aromatic heterocycles. The fourth-order valence-corrected chi connectivity index (χ4v) is 2.44. The highest BCUT2D eigenvalue weighted by Gasteiger charge is 2.09. The average Bonchev–Trinajstić information content (AvgIpc) is 2.54. The molecule has 1 unspecified atom stereocenters. The highest BCUT2D eigenvalue weighted by Crippen LogP contribution is 2.27. The molecule has 0 saturated heterocycles. The maximum Gasteiger partial charge on any atom is 0.0701 e. The van der Waals surface area contributed by atoms with Crippen LogP contribution < -0.4 is 5.32 Å². The monoisotopic (exact) mass is 257 g/mol. The molecule has 0 saturated carbocycles. The van der Waals surface area contributed by atoms with E-state index in [0.717, 1.165) is 12.8 Å². The zero-order valence-corrected chi connectivity index (χ0v) is 9.91. The van der Waals surface area contributed by atoms with E-state index in [0.29, 0.717) is 6.04 Å². The number of thiophene rings is 1. The number of halogens is 1. The van der Waals surface area contributed by atoms with Gasteiger partial charge in [0.15, 0.2) is 0 Å². The zero-order valence-electron chi connectivity index (χ0n) is 7.51. The van der Waals surface area contributed by atoms with Crippen molar-refractivity contribution in [2.75, 3.05) is 7.05 Å². The van der Waals surface area contributed by atoms with Crippen LogP contribution in [-0.4, -0.2) is 7.05 Å². The van der Waals surface area contributed by atoms with Crippen molar-refractivity contribution in [3.63, 3.8) is 0 Å². The summed E-state index contributed by atoms with van der Waals surface area (Å²) in [5, 5.41) is 5.41. The van der Waals surface area contributed by atoms with Gasteiger partial charge in [-0.05, 0) is 46.4 Å². The quantitative estimate of drug-likeness (QED) is 0.818. The second-order valence-electron chi connectivity index (χ2n) is 2.77. The van der Waals surface area contributed by atoms with Crippen LogP contribution in [0.1, 0.15) is 24.4 Å². The van der Waals surface area contributed by atoms with Crippen molar-refractivity contribution in [1.82, 2.24) is 5.32 Å². The molecular formula is C10H12BrNS. The van der Waals surface area contributed by atoms with Crippen molar-refractivity contribution in [3.8, 4) is 12.3 Å². The standard InChI is InChI=1S/C10H12BrNS/c1-3-4-5-9(12-2)8-6-10(11)13-7-8/h1,6-7,9,12H,4-5H2,2H3. The predicted octanol–water partition coefficient (Wildman–Crippen LogP) is 3.18. The van der Waals surface area contributed by atoms with Crippen LogP contribution >= 0.6 is 27.3 Å². The lowest BCUT2D eigenvalue weighted by Gasteiger charge is -2.12. The van der Waals surface area contributed by atoms with Crippen molar-refractivity contribution >= 4 is 27.3 Å². The Labute approximate surface area is 91.7 Å². The molecule has 0 aliphatic carbocycles. The fraction of sp³-hybridized carbons (Fsp3) is 0.400. The van der Waals surface area contributed by atoms with Crippen molar-refractivity contribution in [3.05, 3.63) is 20.8 Å². The van der Waals surface area contributed by atoms with Crippen molar-refractivity contribution in [2.45, 2.75) is 18.9 Å². The Morgan fingerprint density at radius 3 is 3.00 bits per heavy atom. The summed E-state index contributed by atoms with van der Waals surface area (Å²) in [6, 6.07) is 2.53. The number of terminal acetylenes is 1. The molecule has 3 heteroatoms. The van der Waals surface area contributed by atoms with Gasteiger partial charge in [0.2, 0.25) is 0 Å². The molecule has 0 aliphatic heterocycles. The molecule has 1 aromatic rings. The lowest BCUT2D eigenvalue weighted by atomic mass is 10.1. The van der Waals surface area contributed by atoms with Crippen LogP contribution in [0.15, 0.2) is 15.2 Å². The molecule has 0 bridgehead atoms. The van der Waals surface area contributed by atoms with E-state index in [1.807, 2.05) is 7.05 Å². The summed E-state index contributed by atoms with van der Waals surface area (Å²) in [6.45, 7) is 0. The van der Waals surface area contributed by atoms with Gasteiger partial charge in [-0.2, -0.15) is 0 Å². The summed E-state index contributed by atoms with van der Waals surface area (Å²) < 4.78 is 1.17. The molecule has 0 aliphatic rings. The predicted molar refractivity (Wildman–Crippen MR) is 61.9 cm³/mol. The lowest BCUT2D eigenvalue weighted by molar-refractivity contribution is 0.560. The van der Waals surface area contributed by atoms with E-state index in [1.54, 1.807) is 11.3 Å². The van der Waals surface area contributed by atoms with Crippen LogP contribution in [0.5, 0.6) is 0 Å². The normalized spacial score (nSPS) is 12.4. The molecule has 0 amide bonds. The second-order valence-corrected chi connectivity index (χ2v) is 5.06. The first kappa shape index (κ1) is 10.8. The van der Waals surface area contributed by atoms with Crippen molar-refractivity contribution in [2.24, 2.45) is 0 Å². The minimum absolute atomic E-state index is 0.388. The Morgan fingerprint density at radius 2 is 2.54 bits per heavy atom. The first-order chi connectivity index (χ1) is 6.27. The van der Waals surface area contributed by atoms with Gasteiger partial charge in [-0.3, -0.25) is 0 Å². The van der Waals surface area contributed by atoms with E-state index in [2.05, 4.69) is 38.6 Å². The van der Waals surface area contributed by atoms with Gasteiger partial charge in [0.1, 0.15) is 0 Å². The molecule has 70 valence electrons. The smallest absolute Gasteiger partial charge is 0.0701 e. The van der Waals surface area contributed by atoms with Crippen LogP contribution in [0.2, 0.25) is 0 Å². The molecule has 0 aromatic carbocycles. The van der Waals surface area contributed by atoms with E-state index < -0.39 is 0 Å². The summed E-state index contributed by atoms with van der Waals surface area (Å²) in [6.07, 6.45) is 7.04. The largest absolute Gasteiger partial charge is 0.313 e. The number of nitrogens with one attached hydrogen (secondary N) is 1. The molecule has 0 fully saturated rings. The Morgan fingerprint density at radius 1 is 1.77 bits per heavy atom. The average molecular weight is 258 g/mol. The van der Waals surface area contributed by atoms with Gasteiger partial charge >= 0.3 is 0 Å². The van der Waals surface area contributed by atoms with Crippen LogP contribution in [-0.2, 0) is 0 Å². The fourth-order valence-electron chi connectivity index (χ4n) is 1.21. The van der Waals surface area contributed by atoms with Gasteiger partial charge in [0, 0.05) is 12.5 Å². The molecule has 1 rings (SSSR count). The van der Waals surface area contributed by atoms with Crippen LogP contribution in [0.4, 0.5) is 0 Å². The van der Waals surface area contributed by atoms with Gasteiger partial charge in [-0.25, -0.2) is 0 Å². The van der Waals surface area contributed by atoms with Crippen LogP contribution in [0.25, 0.3) is 0 Å². The zero-order chi connectivity index (χ0) is 9.68. The number of rotatable bonds is 4. The van der Waals surface area contributed by atoms with Gasteiger partial charge < -0.3 is 5.32 Å². The first-order valence-electron chi connectivity index (χ1n) is 4.12. The summed E-state index contributed by atoms with van der Waals surface area (Å²) in [4.78, 5) is 0. The van der Waals surface area contributed by atoms with Crippen molar-refractivity contribution < 1.29 is 0 Å². The van der Waals surface area contributed by atoms with Crippen LogP contribution in [0.3, 0.4) is 0 Å². The molecule has 0 spiro atoms. The summed E-state index contributed by atoms with van der Waals surface area (Å²) in [7, 11) is 1.97. The second kappa shape index (κ2) is 5.43. The third-order valence-corrected chi connectivity index (χ3v) is 3.44. The topological polar surface area (TPSA) is 12.0 Å². The van der Waals surface area contributed by atoms with E-state index >= 15 is 0 Å². The van der Waals surface area contributed by atoms with Crippen molar-refractivity contribution in [1.29, 1.82) is 0 Å². The molecular weight excluding hydrogens is 246 g/mol. The highest BCUT2D eigenvalue weighted by molar-refractivity contribution is 9.11. The Balaban J connectivity index is 2.62. The molecule has 0 radical (unpaired) electrons. The third-order valence-electron chi connectivity index (χ3n) is 1.92. The SMILES string of the molecule is C#CCCC(NC)c1csc(Br)c1. The minimum atomic E-state index is 0.388. The van der Waals surface area contributed by atoms with E-state index in [9.17, 15) is 0 Å².